The lowest BCUT2D eigenvalue weighted by Gasteiger charge is -2.11. The van der Waals surface area contributed by atoms with E-state index in [4.69, 9.17) is 11.6 Å². The molecular formula is C20H12ClF3N2O. The zero-order valence-corrected chi connectivity index (χ0v) is 14.8. The predicted octanol–water partition coefficient (Wildman–Crippen LogP) is 4.65. The summed E-state index contributed by atoms with van der Waals surface area (Å²) in [6, 6.07) is 7.47. The van der Waals surface area contributed by atoms with Gasteiger partial charge in [0.25, 0.3) is 5.91 Å². The van der Waals surface area contributed by atoms with Gasteiger partial charge in [-0.25, -0.2) is 18.2 Å². The minimum atomic E-state index is -1.48. The first kappa shape index (κ1) is 17.5. The Balaban J connectivity index is 1.89. The van der Waals surface area contributed by atoms with Crippen LogP contribution >= 0.6 is 11.6 Å². The van der Waals surface area contributed by atoms with Crippen molar-refractivity contribution in [3.8, 4) is 0 Å². The van der Waals surface area contributed by atoms with E-state index >= 15 is 0 Å². The normalized spacial score (nSPS) is 12.9. The van der Waals surface area contributed by atoms with Gasteiger partial charge in [-0.15, -0.1) is 0 Å². The third-order valence-corrected chi connectivity index (χ3v) is 4.92. The summed E-state index contributed by atoms with van der Waals surface area (Å²) >= 11 is 6.24. The predicted molar refractivity (Wildman–Crippen MR) is 97.2 cm³/mol. The van der Waals surface area contributed by atoms with Gasteiger partial charge in [0, 0.05) is 29.1 Å². The summed E-state index contributed by atoms with van der Waals surface area (Å²) < 4.78 is 41.2. The van der Waals surface area contributed by atoms with E-state index in [0.29, 0.717) is 32.8 Å². The number of pyridine rings is 1. The molecule has 0 atom stereocenters. The molecule has 1 amide bonds. The minimum Gasteiger partial charge on any atom is -0.355 e. The van der Waals surface area contributed by atoms with Crippen LogP contribution < -0.4 is 5.32 Å². The molecule has 2 aromatic carbocycles. The first-order valence-corrected chi connectivity index (χ1v) is 8.48. The van der Waals surface area contributed by atoms with E-state index in [9.17, 15) is 18.0 Å². The molecule has 0 saturated heterocycles. The van der Waals surface area contributed by atoms with Crippen LogP contribution in [0.4, 0.5) is 13.2 Å². The number of hydrogen-bond donors (Lipinski definition) is 1. The van der Waals surface area contributed by atoms with E-state index < -0.39 is 17.5 Å². The molecule has 0 saturated carbocycles. The number of halogens is 4. The van der Waals surface area contributed by atoms with Gasteiger partial charge in [0.2, 0.25) is 0 Å². The third-order valence-electron chi connectivity index (χ3n) is 4.62. The SMILES string of the molecule is CNC(=O)c1ccc(Cl)c2nc(C3=CCc4c3cc(F)c(F)c4F)ccc12. The Morgan fingerprint density at radius 2 is 1.93 bits per heavy atom. The highest BCUT2D eigenvalue weighted by atomic mass is 35.5. The lowest BCUT2D eigenvalue weighted by Crippen LogP contribution is -2.18. The van der Waals surface area contributed by atoms with Crippen LogP contribution in [0.1, 0.15) is 27.2 Å². The van der Waals surface area contributed by atoms with Gasteiger partial charge < -0.3 is 5.32 Å². The Hall–Kier alpha value is -2.86. The first-order chi connectivity index (χ1) is 12.9. The molecule has 0 bridgehead atoms. The number of nitrogens with zero attached hydrogens (tertiary/aromatic N) is 1. The number of carbonyl (C=O) groups excluding carboxylic acids is 1. The molecule has 0 unspecified atom stereocenters. The summed E-state index contributed by atoms with van der Waals surface area (Å²) in [5, 5.41) is 3.45. The van der Waals surface area contributed by atoms with E-state index in [1.54, 1.807) is 30.3 Å². The number of allylic oxidation sites excluding steroid dienone is 1. The molecule has 0 aliphatic heterocycles. The number of aromatic nitrogens is 1. The smallest absolute Gasteiger partial charge is 0.251 e. The number of amides is 1. The van der Waals surface area contributed by atoms with Crippen LogP contribution in [0.15, 0.2) is 36.4 Å². The number of hydrogen-bond acceptors (Lipinski definition) is 2. The third kappa shape index (κ3) is 2.68. The number of carbonyl (C=O) groups is 1. The topological polar surface area (TPSA) is 42.0 Å². The van der Waals surface area contributed by atoms with Crippen molar-refractivity contribution < 1.29 is 18.0 Å². The number of nitrogens with one attached hydrogen (secondary N) is 1. The van der Waals surface area contributed by atoms with Crippen molar-refractivity contribution in [3.05, 3.63) is 81.3 Å². The van der Waals surface area contributed by atoms with Crippen LogP contribution in [0.3, 0.4) is 0 Å². The Labute approximate surface area is 157 Å². The fourth-order valence-corrected chi connectivity index (χ4v) is 3.50. The Morgan fingerprint density at radius 3 is 2.67 bits per heavy atom. The average molecular weight is 389 g/mol. The molecule has 3 nitrogen and oxygen atoms in total. The maximum atomic E-state index is 14.0. The van der Waals surface area contributed by atoms with Gasteiger partial charge in [0.15, 0.2) is 17.5 Å². The van der Waals surface area contributed by atoms with Crippen molar-refractivity contribution in [1.29, 1.82) is 0 Å². The van der Waals surface area contributed by atoms with E-state index in [0.717, 1.165) is 6.07 Å². The van der Waals surface area contributed by atoms with Crippen LogP contribution in [0.5, 0.6) is 0 Å². The highest BCUT2D eigenvalue weighted by molar-refractivity contribution is 6.35. The maximum absolute atomic E-state index is 14.0. The van der Waals surface area contributed by atoms with Gasteiger partial charge in [0.1, 0.15) is 0 Å². The maximum Gasteiger partial charge on any atom is 0.251 e. The van der Waals surface area contributed by atoms with Gasteiger partial charge in [-0.3, -0.25) is 4.79 Å². The van der Waals surface area contributed by atoms with Crippen LogP contribution in [-0.4, -0.2) is 17.9 Å². The molecule has 0 spiro atoms. The fraction of sp³-hybridized carbons (Fsp3) is 0.100. The minimum absolute atomic E-state index is 0.0935. The second-order valence-corrected chi connectivity index (χ2v) is 6.51. The zero-order valence-electron chi connectivity index (χ0n) is 14.0. The van der Waals surface area contributed by atoms with Crippen molar-refractivity contribution in [1.82, 2.24) is 10.3 Å². The summed E-state index contributed by atoms with van der Waals surface area (Å²) in [6.07, 6.45) is 1.80. The molecule has 136 valence electrons. The van der Waals surface area contributed by atoms with Crippen molar-refractivity contribution in [2.24, 2.45) is 0 Å². The molecule has 1 aliphatic carbocycles. The quantitative estimate of drug-likeness (QED) is 0.649. The van der Waals surface area contributed by atoms with Crippen molar-refractivity contribution >= 4 is 34.0 Å². The second-order valence-electron chi connectivity index (χ2n) is 6.10. The average Bonchev–Trinajstić information content (AvgIpc) is 3.09. The molecule has 27 heavy (non-hydrogen) atoms. The second kappa shape index (κ2) is 6.39. The van der Waals surface area contributed by atoms with E-state index in [1.807, 2.05) is 0 Å². The van der Waals surface area contributed by atoms with Gasteiger partial charge >= 0.3 is 0 Å². The van der Waals surface area contributed by atoms with Crippen molar-refractivity contribution in [2.45, 2.75) is 6.42 Å². The molecule has 7 heteroatoms. The monoisotopic (exact) mass is 388 g/mol. The summed E-state index contributed by atoms with van der Waals surface area (Å²) in [5.74, 6) is -4.19. The van der Waals surface area contributed by atoms with Crippen LogP contribution in [0.2, 0.25) is 5.02 Å². The molecule has 0 fully saturated rings. The van der Waals surface area contributed by atoms with Crippen molar-refractivity contribution in [3.63, 3.8) is 0 Å². The van der Waals surface area contributed by atoms with Crippen molar-refractivity contribution in [2.75, 3.05) is 7.05 Å². The van der Waals surface area contributed by atoms with E-state index in [1.165, 1.54) is 7.05 Å². The van der Waals surface area contributed by atoms with E-state index in [-0.39, 0.29) is 23.5 Å². The summed E-state index contributed by atoms with van der Waals surface area (Å²) in [4.78, 5) is 16.5. The van der Waals surface area contributed by atoms with Gasteiger partial charge in [-0.2, -0.15) is 0 Å². The molecular weight excluding hydrogens is 377 g/mol. The molecule has 3 aromatic rings. The number of rotatable bonds is 2. The van der Waals surface area contributed by atoms with E-state index in [2.05, 4.69) is 10.3 Å². The molecule has 1 aliphatic rings. The molecule has 4 rings (SSSR count). The summed E-state index contributed by atoms with van der Waals surface area (Å²) in [7, 11) is 1.52. The number of fused-ring (bicyclic) bond motifs is 2. The highest BCUT2D eigenvalue weighted by Crippen LogP contribution is 2.36. The first-order valence-electron chi connectivity index (χ1n) is 8.11. The van der Waals surface area contributed by atoms with Gasteiger partial charge in [-0.1, -0.05) is 17.7 Å². The molecule has 1 N–H and O–H groups in total. The van der Waals surface area contributed by atoms with Crippen LogP contribution in [-0.2, 0) is 6.42 Å². The fourth-order valence-electron chi connectivity index (χ4n) is 3.30. The van der Waals surface area contributed by atoms with Crippen LogP contribution in [0.25, 0.3) is 16.5 Å². The number of benzene rings is 2. The van der Waals surface area contributed by atoms with Gasteiger partial charge in [0.05, 0.1) is 16.2 Å². The molecule has 1 aromatic heterocycles. The largest absolute Gasteiger partial charge is 0.355 e. The Kier molecular flexibility index (Phi) is 4.15. The lowest BCUT2D eigenvalue weighted by atomic mass is 10.0. The lowest BCUT2D eigenvalue weighted by molar-refractivity contribution is 0.0964. The summed E-state index contributed by atoms with van der Waals surface area (Å²) in [5.41, 5.74) is 2.09. The Bertz CT molecular complexity index is 1160. The van der Waals surface area contributed by atoms with Gasteiger partial charge in [-0.05, 0) is 42.3 Å². The molecule has 1 heterocycles. The standard InChI is InChI=1S/C20H12ClF3N2O/c1-25-20(27)12-4-6-14(21)19-11(12)5-7-16(26-19)9-2-3-10-13(9)8-15(22)18(24)17(10)23/h2,4-8H,3H2,1H3,(H,25,27). The Morgan fingerprint density at radius 1 is 1.15 bits per heavy atom. The highest BCUT2D eigenvalue weighted by Gasteiger charge is 2.25. The zero-order chi connectivity index (χ0) is 19.3. The summed E-state index contributed by atoms with van der Waals surface area (Å²) in [6.45, 7) is 0. The van der Waals surface area contributed by atoms with Crippen LogP contribution in [0, 0.1) is 17.5 Å². The molecule has 0 radical (unpaired) electrons.